The van der Waals surface area contributed by atoms with Crippen molar-refractivity contribution in [3.8, 4) is 0 Å². The highest BCUT2D eigenvalue weighted by atomic mass is 32.2. The zero-order valence-corrected chi connectivity index (χ0v) is 16.0. The Hall–Kier alpha value is -2.34. The largest absolute Gasteiger partial charge is 0.347 e. The molecule has 0 fully saturated rings. The molecule has 2 rings (SSSR count). The van der Waals surface area contributed by atoms with Crippen LogP contribution in [0.1, 0.15) is 36.7 Å². The number of amides is 2. The molecule has 0 aromatic heterocycles. The van der Waals surface area contributed by atoms with Crippen LogP contribution in [0.4, 0.5) is 10.1 Å². The van der Waals surface area contributed by atoms with Gasteiger partial charge >= 0.3 is 0 Å². The molecule has 6 heteroatoms. The van der Waals surface area contributed by atoms with Crippen molar-refractivity contribution in [3.05, 3.63) is 65.5 Å². The zero-order valence-electron chi connectivity index (χ0n) is 15.1. The van der Waals surface area contributed by atoms with Crippen molar-refractivity contribution in [2.45, 2.75) is 32.1 Å². The summed E-state index contributed by atoms with van der Waals surface area (Å²) in [6, 6.07) is 13.0. The third-order valence-corrected chi connectivity index (χ3v) is 4.34. The molecule has 0 aliphatic carbocycles. The van der Waals surface area contributed by atoms with E-state index in [1.165, 1.54) is 36.0 Å². The molecule has 0 saturated heterocycles. The summed E-state index contributed by atoms with van der Waals surface area (Å²) >= 11 is 1.47. The van der Waals surface area contributed by atoms with Gasteiger partial charge < -0.3 is 10.6 Å². The Bertz CT molecular complexity index is 753. The number of nitrogens with one attached hydrogen (secondary N) is 2. The number of halogens is 1. The van der Waals surface area contributed by atoms with Crippen molar-refractivity contribution in [3.63, 3.8) is 0 Å². The lowest BCUT2D eigenvalue weighted by Crippen LogP contribution is -2.40. The Morgan fingerprint density at radius 1 is 1.00 bits per heavy atom. The summed E-state index contributed by atoms with van der Waals surface area (Å²) in [5.74, 6) is 0.386. The van der Waals surface area contributed by atoms with Crippen LogP contribution in [0.15, 0.2) is 48.5 Å². The van der Waals surface area contributed by atoms with E-state index in [0.717, 1.165) is 5.56 Å². The normalized spacial score (nSPS) is 11.1. The summed E-state index contributed by atoms with van der Waals surface area (Å²) in [5.41, 5.74) is 1.95. The van der Waals surface area contributed by atoms with Gasteiger partial charge in [0.05, 0.1) is 5.75 Å². The van der Waals surface area contributed by atoms with Crippen LogP contribution in [-0.4, -0.2) is 23.1 Å². The number of benzene rings is 2. The van der Waals surface area contributed by atoms with E-state index in [0.29, 0.717) is 22.8 Å². The van der Waals surface area contributed by atoms with Crippen molar-refractivity contribution in [2.24, 2.45) is 0 Å². The van der Waals surface area contributed by atoms with Gasteiger partial charge in [-0.3, -0.25) is 9.59 Å². The number of thioether (sulfide) groups is 1. The van der Waals surface area contributed by atoms with E-state index in [9.17, 15) is 14.0 Å². The fraction of sp³-hybridized carbons (Fsp3) is 0.300. The van der Waals surface area contributed by atoms with E-state index in [2.05, 4.69) is 10.6 Å². The van der Waals surface area contributed by atoms with Gasteiger partial charge in [-0.2, -0.15) is 0 Å². The first-order valence-electron chi connectivity index (χ1n) is 8.27. The molecule has 0 unspecified atom stereocenters. The van der Waals surface area contributed by atoms with Gasteiger partial charge in [-0.25, -0.2) is 4.39 Å². The quantitative estimate of drug-likeness (QED) is 0.796. The predicted octanol–water partition coefficient (Wildman–Crippen LogP) is 4.23. The van der Waals surface area contributed by atoms with Gasteiger partial charge in [-0.05, 0) is 62.7 Å². The molecule has 0 saturated carbocycles. The number of carbonyl (C=O) groups excluding carboxylic acids is 2. The lowest BCUT2D eigenvalue weighted by molar-refractivity contribution is -0.113. The van der Waals surface area contributed by atoms with Gasteiger partial charge in [-0.15, -0.1) is 11.8 Å². The van der Waals surface area contributed by atoms with Crippen LogP contribution < -0.4 is 10.6 Å². The van der Waals surface area contributed by atoms with Gasteiger partial charge in [0.2, 0.25) is 5.91 Å². The fourth-order valence-corrected chi connectivity index (χ4v) is 2.94. The van der Waals surface area contributed by atoms with E-state index in [1.54, 1.807) is 12.1 Å². The average Bonchev–Trinajstić information content (AvgIpc) is 2.56. The first-order chi connectivity index (χ1) is 12.2. The Balaban J connectivity index is 1.78. The van der Waals surface area contributed by atoms with Gasteiger partial charge in [0.15, 0.2) is 0 Å². The summed E-state index contributed by atoms with van der Waals surface area (Å²) in [6.07, 6.45) is 0. The minimum absolute atomic E-state index is 0.102. The first-order valence-corrected chi connectivity index (χ1v) is 9.43. The second-order valence-electron chi connectivity index (χ2n) is 6.95. The molecular formula is C20H23FN2O2S. The number of anilines is 1. The summed E-state index contributed by atoms with van der Waals surface area (Å²) in [5, 5.41) is 5.64. The average molecular weight is 374 g/mol. The lowest BCUT2D eigenvalue weighted by atomic mass is 10.1. The van der Waals surface area contributed by atoms with Crippen molar-refractivity contribution < 1.29 is 14.0 Å². The molecule has 0 spiro atoms. The molecule has 2 amide bonds. The van der Waals surface area contributed by atoms with Gasteiger partial charge in [0.25, 0.3) is 5.91 Å². The van der Waals surface area contributed by atoms with E-state index < -0.39 is 0 Å². The van der Waals surface area contributed by atoms with Crippen molar-refractivity contribution in [1.82, 2.24) is 5.32 Å². The van der Waals surface area contributed by atoms with Crippen LogP contribution in [0.2, 0.25) is 0 Å². The minimum atomic E-state index is -0.336. The minimum Gasteiger partial charge on any atom is -0.347 e. The van der Waals surface area contributed by atoms with E-state index in [4.69, 9.17) is 0 Å². The highest BCUT2D eigenvalue weighted by molar-refractivity contribution is 7.99. The number of rotatable bonds is 6. The Morgan fingerprint density at radius 2 is 1.62 bits per heavy atom. The molecular weight excluding hydrogens is 351 g/mol. The standard InChI is InChI=1S/C20H23FN2O2S/c1-20(2,3)23-19(25)15-6-4-14(5-7-15)12-26-13-18(24)22-17-10-8-16(21)9-11-17/h4-11H,12-13H2,1-3H3,(H,22,24)(H,23,25). The maximum Gasteiger partial charge on any atom is 0.251 e. The maximum absolute atomic E-state index is 12.8. The Labute approximate surface area is 157 Å². The summed E-state index contributed by atoms with van der Waals surface area (Å²) in [4.78, 5) is 24.0. The fourth-order valence-electron chi connectivity index (χ4n) is 2.16. The molecule has 0 aliphatic heterocycles. The summed E-state index contributed by atoms with van der Waals surface area (Å²) in [7, 11) is 0. The topological polar surface area (TPSA) is 58.2 Å². The molecule has 2 aromatic rings. The molecule has 138 valence electrons. The number of carbonyl (C=O) groups is 2. The van der Waals surface area contributed by atoms with Crippen LogP contribution in [0.3, 0.4) is 0 Å². The monoisotopic (exact) mass is 374 g/mol. The van der Waals surface area contributed by atoms with E-state index in [-0.39, 0.29) is 23.2 Å². The van der Waals surface area contributed by atoms with Crippen LogP contribution in [0.5, 0.6) is 0 Å². The van der Waals surface area contributed by atoms with Crippen LogP contribution >= 0.6 is 11.8 Å². The van der Waals surface area contributed by atoms with E-state index in [1.807, 2.05) is 32.9 Å². The number of hydrogen-bond donors (Lipinski definition) is 2. The molecule has 0 heterocycles. The molecule has 0 aliphatic rings. The SMILES string of the molecule is CC(C)(C)NC(=O)c1ccc(CSCC(=O)Nc2ccc(F)cc2)cc1. The molecule has 4 nitrogen and oxygen atoms in total. The second-order valence-corrected chi connectivity index (χ2v) is 7.93. The smallest absolute Gasteiger partial charge is 0.251 e. The van der Waals surface area contributed by atoms with Crippen molar-refractivity contribution in [2.75, 3.05) is 11.1 Å². The highest BCUT2D eigenvalue weighted by Crippen LogP contribution is 2.15. The van der Waals surface area contributed by atoms with Crippen LogP contribution in [0, 0.1) is 5.82 Å². The Kier molecular flexibility index (Phi) is 6.80. The molecule has 0 atom stereocenters. The predicted molar refractivity (Wildman–Crippen MR) is 105 cm³/mol. The number of hydrogen-bond acceptors (Lipinski definition) is 3. The zero-order chi connectivity index (χ0) is 19.2. The van der Waals surface area contributed by atoms with Crippen LogP contribution in [-0.2, 0) is 10.5 Å². The molecule has 26 heavy (non-hydrogen) atoms. The van der Waals surface area contributed by atoms with Crippen molar-refractivity contribution in [1.29, 1.82) is 0 Å². The van der Waals surface area contributed by atoms with Gasteiger partial charge in [0, 0.05) is 22.5 Å². The van der Waals surface area contributed by atoms with E-state index >= 15 is 0 Å². The first kappa shape index (κ1) is 20.0. The van der Waals surface area contributed by atoms with Crippen molar-refractivity contribution >= 4 is 29.3 Å². The third kappa shape index (κ3) is 6.88. The van der Waals surface area contributed by atoms with Gasteiger partial charge in [0.1, 0.15) is 5.82 Å². The maximum atomic E-state index is 12.8. The molecule has 2 aromatic carbocycles. The lowest BCUT2D eigenvalue weighted by Gasteiger charge is -2.20. The summed E-state index contributed by atoms with van der Waals surface area (Å²) < 4.78 is 12.8. The Morgan fingerprint density at radius 3 is 2.19 bits per heavy atom. The summed E-state index contributed by atoms with van der Waals surface area (Å²) in [6.45, 7) is 5.81. The van der Waals surface area contributed by atoms with Crippen LogP contribution in [0.25, 0.3) is 0 Å². The third-order valence-electron chi connectivity index (χ3n) is 3.33. The van der Waals surface area contributed by atoms with Gasteiger partial charge in [-0.1, -0.05) is 12.1 Å². The molecule has 0 bridgehead atoms. The molecule has 2 N–H and O–H groups in total. The second kappa shape index (κ2) is 8.85. The highest BCUT2D eigenvalue weighted by Gasteiger charge is 2.15. The molecule has 0 radical (unpaired) electrons.